The number of hydrogen-bond acceptors (Lipinski definition) is 3. The standard InChI is InChI=1S/C12H13F6NO3S/c1-7(11(13,14)15)10(6-20)19-23(21,22)9-4-2-8(3-5-9)12(16,17)18/h2-5,7,10,19-20H,6H2,1H3. The van der Waals surface area contributed by atoms with Crippen molar-refractivity contribution in [1.29, 1.82) is 0 Å². The summed E-state index contributed by atoms with van der Waals surface area (Å²) < 4.78 is 100. The highest BCUT2D eigenvalue weighted by molar-refractivity contribution is 7.89. The molecule has 2 unspecified atom stereocenters. The Morgan fingerprint density at radius 3 is 1.91 bits per heavy atom. The molecule has 4 nitrogen and oxygen atoms in total. The average Bonchev–Trinajstić information content (AvgIpc) is 2.42. The maximum absolute atomic E-state index is 12.6. The van der Waals surface area contributed by atoms with Gasteiger partial charge >= 0.3 is 12.4 Å². The van der Waals surface area contributed by atoms with Gasteiger partial charge in [0.05, 0.1) is 29.0 Å². The number of benzene rings is 1. The number of aliphatic hydroxyl groups is 1. The van der Waals surface area contributed by atoms with Crippen molar-refractivity contribution in [2.75, 3.05) is 6.61 Å². The van der Waals surface area contributed by atoms with Crippen LogP contribution in [0.15, 0.2) is 29.2 Å². The third-order valence-corrected chi connectivity index (χ3v) is 4.62. The summed E-state index contributed by atoms with van der Waals surface area (Å²) in [6, 6.07) is 0.378. The highest BCUT2D eigenvalue weighted by atomic mass is 32.2. The first-order valence-corrected chi connectivity index (χ1v) is 7.64. The summed E-state index contributed by atoms with van der Waals surface area (Å²) in [5.74, 6) is -2.18. The number of sulfonamides is 1. The van der Waals surface area contributed by atoms with Crippen molar-refractivity contribution in [3.8, 4) is 0 Å². The maximum atomic E-state index is 12.6. The van der Waals surface area contributed by atoms with Gasteiger partial charge in [0, 0.05) is 0 Å². The van der Waals surface area contributed by atoms with E-state index < -0.39 is 51.4 Å². The molecule has 0 radical (unpaired) electrons. The quantitative estimate of drug-likeness (QED) is 0.788. The normalized spacial score (nSPS) is 16.2. The fraction of sp³-hybridized carbons (Fsp3) is 0.500. The van der Waals surface area contributed by atoms with Gasteiger partial charge in [-0.3, -0.25) is 0 Å². The lowest BCUT2D eigenvalue weighted by molar-refractivity contribution is -0.178. The smallest absolute Gasteiger partial charge is 0.395 e. The lowest BCUT2D eigenvalue weighted by Gasteiger charge is -2.25. The van der Waals surface area contributed by atoms with Crippen LogP contribution in [0.2, 0.25) is 0 Å². The van der Waals surface area contributed by atoms with E-state index in [9.17, 15) is 34.8 Å². The lowest BCUT2D eigenvalue weighted by Crippen LogP contribution is -2.46. The molecule has 0 aliphatic rings. The van der Waals surface area contributed by atoms with Crippen molar-refractivity contribution >= 4 is 10.0 Å². The SMILES string of the molecule is CC(C(CO)NS(=O)(=O)c1ccc(C(F)(F)F)cc1)C(F)(F)F. The first kappa shape index (κ1) is 19.7. The molecule has 2 atom stereocenters. The molecule has 1 rings (SSSR count). The lowest BCUT2D eigenvalue weighted by atomic mass is 10.0. The molecule has 2 N–H and O–H groups in total. The van der Waals surface area contributed by atoms with Crippen LogP contribution in [0.4, 0.5) is 26.3 Å². The Kier molecular flexibility index (Phi) is 5.70. The molecule has 0 amide bonds. The van der Waals surface area contributed by atoms with E-state index in [1.807, 2.05) is 0 Å². The Balaban J connectivity index is 3.03. The van der Waals surface area contributed by atoms with E-state index in [0.29, 0.717) is 31.2 Å². The Hall–Kier alpha value is -1.33. The molecule has 0 heterocycles. The molecule has 0 aliphatic heterocycles. The third kappa shape index (κ3) is 5.08. The van der Waals surface area contributed by atoms with E-state index in [-0.39, 0.29) is 0 Å². The van der Waals surface area contributed by atoms with E-state index in [4.69, 9.17) is 5.11 Å². The maximum Gasteiger partial charge on any atom is 0.416 e. The van der Waals surface area contributed by atoms with Crippen molar-refractivity contribution in [2.24, 2.45) is 5.92 Å². The summed E-state index contributed by atoms with van der Waals surface area (Å²) in [6.45, 7) is -0.448. The van der Waals surface area contributed by atoms with Gasteiger partial charge in [0.15, 0.2) is 0 Å². The van der Waals surface area contributed by atoms with Gasteiger partial charge in [-0.2, -0.15) is 26.3 Å². The molecular weight excluding hydrogens is 352 g/mol. The first-order chi connectivity index (χ1) is 10.3. The van der Waals surface area contributed by atoms with Crippen LogP contribution < -0.4 is 4.72 Å². The van der Waals surface area contributed by atoms with Crippen LogP contribution in [0.25, 0.3) is 0 Å². The molecule has 0 bridgehead atoms. The van der Waals surface area contributed by atoms with E-state index in [0.717, 1.165) is 0 Å². The van der Waals surface area contributed by atoms with Crippen molar-refractivity contribution < 1.29 is 39.9 Å². The van der Waals surface area contributed by atoms with Gasteiger partial charge in [0.25, 0.3) is 0 Å². The molecular formula is C12H13F6NO3S. The summed E-state index contributed by atoms with van der Waals surface area (Å²) in [7, 11) is -4.52. The first-order valence-electron chi connectivity index (χ1n) is 6.16. The summed E-state index contributed by atoms with van der Waals surface area (Å²) in [6.07, 6.45) is -9.43. The molecule has 1 aromatic carbocycles. The summed E-state index contributed by atoms with van der Waals surface area (Å²) in [5, 5.41) is 8.95. The summed E-state index contributed by atoms with van der Waals surface area (Å²) in [4.78, 5) is -0.640. The van der Waals surface area contributed by atoms with Crippen molar-refractivity contribution in [2.45, 2.75) is 30.2 Å². The molecule has 0 fully saturated rings. The molecule has 1 aromatic rings. The van der Waals surface area contributed by atoms with Gasteiger partial charge in [0.2, 0.25) is 10.0 Å². The topological polar surface area (TPSA) is 66.4 Å². The number of rotatable bonds is 5. The molecule has 11 heteroatoms. The largest absolute Gasteiger partial charge is 0.416 e. The van der Waals surface area contributed by atoms with Crippen LogP contribution in [0.1, 0.15) is 12.5 Å². The average molecular weight is 365 g/mol. The van der Waals surface area contributed by atoms with Crippen LogP contribution >= 0.6 is 0 Å². The molecule has 0 saturated carbocycles. The van der Waals surface area contributed by atoms with Crippen molar-refractivity contribution in [3.05, 3.63) is 29.8 Å². The Bertz CT molecular complexity index is 624. The predicted molar refractivity (Wildman–Crippen MR) is 67.9 cm³/mol. The second kappa shape index (κ2) is 6.65. The van der Waals surface area contributed by atoms with Crippen LogP contribution in [-0.2, 0) is 16.2 Å². The van der Waals surface area contributed by atoms with Gasteiger partial charge in [0.1, 0.15) is 0 Å². The Morgan fingerprint density at radius 1 is 1.09 bits per heavy atom. The number of aliphatic hydroxyl groups excluding tert-OH is 1. The monoisotopic (exact) mass is 365 g/mol. The molecule has 0 aromatic heterocycles. The van der Waals surface area contributed by atoms with Crippen molar-refractivity contribution in [1.82, 2.24) is 4.72 Å². The number of hydrogen-bond donors (Lipinski definition) is 2. The minimum Gasteiger partial charge on any atom is -0.395 e. The predicted octanol–water partition coefficient (Wildman–Crippen LogP) is 2.54. The van der Waals surface area contributed by atoms with Crippen LogP contribution in [-0.4, -0.2) is 32.3 Å². The van der Waals surface area contributed by atoms with E-state index in [1.165, 1.54) is 0 Å². The van der Waals surface area contributed by atoms with Gasteiger partial charge in [-0.05, 0) is 24.3 Å². The highest BCUT2D eigenvalue weighted by Gasteiger charge is 2.42. The molecule has 0 spiro atoms. The molecule has 132 valence electrons. The van der Waals surface area contributed by atoms with Gasteiger partial charge in [-0.25, -0.2) is 13.1 Å². The zero-order chi connectivity index (χ0) is 18.1. The highest BCUT2D eigenvalue weighted by Crippen LogP contribution is 2.31. The van der Waals surface area contributed by atoms with Gasteiger partial charge in [-0.1, -0.05) is 6.92 Å². The molecule has 0 aliphatic carbocycles. The van der Waals surface area contributed by atoms with Gasteiger partial charge < -0.3 is 5.11 Å². The van der Waals surface area contributed by atoms with E-state index in [2.05, 4.69) is 0 Å². The number of nitrogens with one attached hydrogen (secondary N) is 1. The zero-order valence-electron chi connectivity index (χ0n) is 11.6. The van der Waals surface area contributed by atoms with Crippen LogP contribution in [0, 0.1) is 5.92 Å². The summed E-state index contributed by atoms with van der Waals surface area (Å²) >= 11 is 0. The van der Waals surface area contributed by atoms with E-state index in [1.54, 1.807) is 4.72 Å². The third-order valence-electron chi connectivity index (χ3n) is 3.12. The minimum absolute atomic E-state index is 0.496. The van der Waals surface area contributed by atoms with Crippen LogP contribution in [0.3, 0.4) is 0 Å². The number of halogens is 6. The van der Waals surface area contributed by atoms with Crippen molar-refractivity contribution in [3.63, 3.8) is 0 Å². The Labute approximate surface area is 128 Å². The fourth-order valence-electron chi connectivity index (χ4n) is 1.62. The minimum atomic E-state index is -4.75. The molecule has 23 heavy (non-hydrogen) atoms. The number of alkyl halides is 6. The zero-order valence-corrected chi connectivity index (χ0v) is 12.4. The second-order valence-electron chi connectivity index (χ2n) is 4.76. The second-order valence-corrected chi connectivity index (χ2v) is 6.48. The Morgan fingerprint density at radius 2 is 1.57 bits per heavy atom. The van der Waals surface area contributed by atoms with E-state index >= 15 is 0 Å². The fourth-order valence-corrected chi connectivity index (χ4v) is 2.92. The van der Waals surface area contributed by atoms with Crippen LogP contribution in [0.5, 0.6) is 0 Å². The van der Waals surface area contributed by atoms with Gasteiger partial charge in [-0.15, -0.1) is 0 Å². The molecule has 0 saturated heterocycles. The summed E-state index contributed by atoms with van der Waals surface area (Å²) in [5.41, 5.74) is -1.10.